The molecule has 1 saturated heterocycles. The molecule has 6 rings (SSSR count). The number of piperazine rings is 1. The van der Waals surface area contributed by atoms with Crippen LogP contribution in [0.5, 0.6) is 11.8 Å². The van der Waals surface area contributed by atoms with Crippen molar-refractivity contribution < 1.29 is 27.0 Å². The second-order valence-electron chi connectivity index (χ2n) is 11.7. The molecule has 47 heavy (non-hydrogen) atoms. The molecule has 16 heteroatoms. The minimum Gasteiger partial charge on any atom is -0.489 e. The molecule has 0 amide bonds. The number of nitrogen functional groups attached to an aromatic ring is 2. The minimum atomic E-state index is -4.90. The van der Waals surface area contributed by atoms with E-state index in [0.717, 1.165) is 32.2 Å². The van der Waals surface area contributed by atoms with Gasteiger partial charge in [0, 0.05) is 44.5 Å². The van der Waals surface area contributed by atoms with Crippen LogP contribution in [-0.2, 0) is 6.18 Å². The highest BCUT2D eigenvalue weighted by Gasteiger charge is 2.40. The SMILES string of the molecule is Cc1cc(N)nc(-c2c(Cl)c3c4c(nc(OCCN5CCN(C)CC5)nc4c2F)N([C@H](C)c2cccnc2N)CCO3)c1C(F)(F)F. The van der Waals surface area contributed by atoms with E-state index < -0.39 is 39.9 Å². The van der Waals surface area contributed by atoms with Gasteiger partial charge in [-0.1, -0.05) is 17.7 Å². The molecule has 4 N–H and O–H groups in total. The van der Waals surface area contributed by atoms with Gasteiger partial charge in [0.15, 0.2) is 11.6 Å². The molecule has 250 valence electrons. The Morgan fingerprint density at radius 3 is 2.55 bits per heavy atom. The van der Waals surface area contributed by atoms with Gasteiger partial charge in [-0.05, 0) is 38.6 Å². The fraction of sp³-hybridized carbons (Fsp3) is 0.419. The molecular weight excluding hydrogens is 642 g/mol. The maximum atomic E-state index is 16.8. The average molecular weight is 676 g/mol. The maximum absolute atomic E-state index is 16.8. The van der Waals surface area contributed by atoms with E-state index in [9.17, 15) is 13.2 Å². The zero-order valence-corrected chi connectivity index (χ0v) is 26.8. The van der Waals surface area contributed by atoms with Gasteiger partial charge in [0.25, 0.3) is 0 Å². The molecule has 0 bridgehead atoms. The Bertz CT molecular complexity index is 1820. The number of aromatic nitrogens is 4. The molecular formula is C31H34ClF4N9O2. The Morgan fingerprint density at radius 1 is 1.11 bits per heavy atom. The number of halogens is 5. The van der Waals surface area contributed by atoms with Crippen LogP contribution >= 0.6 is 11.6 Å². The topological polar surface area (TPSA) is 132 Å². The Hall–Kier alpha value is -4.21. The van der Waals surface area contributed by atoms with Crippen molar-refractivity contribution in [3.8, 4) is 23.0 Å². The molecule has 1 fully saturated rings. The van der Waals surface area contributed by atoms with Gasteiger partial charge in [-0.3, -0.25) is 4.90 Å². The number of hydrogen-bond donors (Lipinski definition) is 2. The van der Waals surface area contributed by atoms with Crippen LogP contribution in [0.2, 0.25) is 5.02 Å². The number of nitrogens with zero attached hydrogens (tertiary/aromatic N) is 7. The van der Waals surface area contributed by atoms with E-state index in [1.807, 2.05) is 17.9 Å². The first kappa shape index (κ1) is 32.7. The fourth-order valence-corrected chi connectivity index (χ4v) is 6.43. The lowest BCUT2D eigenvalue weighted by Gasteiger charge is -2.32. The van der Waals surface area contributed by atoms with Gasteiger partial charge < -0.3 is 30.7 Å². The van der Waals surface area contributed by atoms with E-state index in [1.54, 1.807) is 12.3 Å². The van der Waals surface area contributed by atoms with Crippen LogP contribution in [0.1, 0.15) is 29.7 Å². The third-order valence-electron chi connectivity index (χ3n) is 8.57. The van der Waals surface area contributed by atoms with E-state index in [4.69, 9.17) is 37.5 Å². The zero-order chi connectivity index (χ0) is 33.6. The van der Waals surface area contributed by atoms with E-state index in [-0.39, 0.29) is 59.6 Å². The summed E-state index contributed by atoms with van der Waals surface area (Å²) in [5.74, 6) is -0.961. The first-order valence-electron chi connectivity index (χ1n) is 15.1. The standard InChI is InChI=1S/C31H34ClF4N9O2/c1-16-15-19(37)40-25(22(16)31(34,35)36)20-23(32)27-21-26(24(20)33)41-30(47-13-11-44-9-7-43(3)8-10-44)42-29(21)45(12-14-46-27)17(2)18-5-4-6-39-28(18)38/h4-6,15,17H,7-14H2,1-3H3,(H2,37,40)(H2,38,39)/t17-/m1/s1. The van der Waals surface area contributed by atoms with E-state index in [2.05, 4.69) is 31.8 Å². The highest BCUT2D eigenvalue weighted by molar-refractivity contribution is 6.36. The smallest absolute Gasteiger partial charge is 0.418 e. The number of ether oxygens (including phenoxy) is 2. The molecule has 4 aromatic rings. The Kier molecular flexibility index (Phi) is 8.89. The van der Waals surface area contributed by atoms with Crippen molar-refractivity contribution in [2.24, 2.45) is 0 Å². The van der Waals surface area contributed by atoms with Crippen molar-refractivity contribution in [1.29, 1.82) is 0 Å². The number of rotatable bonds is 7. The van der Waals surface area contributed by atoms with E-state index in [1.165, 1.54) is 6.92 Å². The molecule has 2 aliphatic rings. The van der Waals surface area contributed by atoms with Crippen LogP contribution in [0.15, 0.2) is 24.4 Å². The third kappa shape index (κ3) is 6.26. The summed E-state index contributed by atoms with van der Waals surface area (Å²) in [6.07, 6.45) is -3.33. The number of alkyl halides is 3. The van der Waals surface area contributed by atoms with Gasteiger partial charge in [0.05, 0.1) is 39.8 Å². The summed E-state index contributed by atoms with van der Waals surface area (Å²) in [5, 5.41) is -0.342. The second-order valence-corrected chi connectivity index (χ2v) is 12.0. The monoisotopic (exact) mass is 675 g/mol. The number of aryl methyl sites for hydroxylation is 1. The molecule has 0 saturated carbocycles. The summed E-state index contributed by atoms with van der Waals surface area (Å²) in [6.45, 7) is 7.65. The quantitative estimate of drug-likeness (QED) is 0.258. The second kappa shape index (κ2) is 12.8. The summed E-state index contributed by atoms with van der Waals surface area (Å²) in [4.78, 5) is 23.5. The number of likely N-dealkylation sites (N-methyl/N-ethyl adjacent to an activating group) is 1. The first-order valence-corrected chi connectivity index (χ1v) is 15.4. The summed E-state index contributed by atoms with van der Waals surface area (Å²) in [6, 6.07) is 4.03. The van der Waals surface area contributed by atoms with E-state index in [0.29, 0.717) is 17.9 Å². The van der Waals surface area contributed by atoms with Gasteiger partial charge in [-0.15, -0.1) is 0 Å². The van der Waals surface area contributed by atoms with Crippen molar-refractivity contribution in [1.82, 2.24) is 29.7 Å². The molecule has 0 unspecified atom stereocenters. The predicted octanol–water partition coefficient (Wildman–Crippen LogP) is 4.96. The number of hydrogen-bond acceptors (Lipinski definition) is 11. The largest absolute Gasteiger partial charge is 0.489 e. The van der Waals surface area contributed by atoms with Gasteiger partial charge in [0.2, 0.25) is 0 Å². The molecule has 3 aromatic heterocycles. The van der Waals surface area contributed by atoms with Crippen molar-refractivity contribution in [3.63, 3.8) is 0 Å². The summed E-state index contributed by atoms with van der Waals surface area (Å²) < 4.78 is 72.1. The first-order chi connectivity index (χ1) is 22.3. The predicted molar refractivity (Wildman–Crippen MR) is 171 cm³/mol. The van der Waals surface area contributed by atoms with Crippen molar-refractivity contribution in [2.45, 2.75) is 26.1 Å². The van der Waals surface area contributed by atoms with Crippen LogP contribution < -0.4 is 25.8 Å². The van der Waals surface area contributed by atoms with Crippen molar-refractivity contribution in [2.75, 3.05) is 75.9 Å². The summed E-state index contributed by atoms with van der Waals surface area (Å²) >= 11 is 6.76. The lowest BCUT2D eigenvalue weighted by molar-refractivity contribution is -0.137. The van der Waals surface area contributed by atoms with Crippen LogP contribution in [-0.4, -0.2) is 89.3 Å². The normalized spacial score (nSPS) is 16.6. The molecule has 1 atom stereocenters. The zero-order valence-electron chi connectivity index (χ0n) is 26.0. The van der Waals surface area contributed by atoms with Crippen LogP contribution in [0.25, 0.3) is 22.2 Å². The average Bonchev–Trinajstić information content (AvgIpc) is 3.20. The molecule has 0 radical (unpaired) electrons. The van der Waals surface area contributed by atoms with E-state index >= 15 is 4.39 Å². The molecule has 5 heterocycles. The Morgan fingerprint density at radius 2 is 1.85 bits per heavy atom. The van der Waals surface area contributed by atoms with Gasteiger partial charge in [-0.2, -0.15) is 23.1 Å². The molecule has 0 spiro atoms. The Balaban J connectivity index is 1.54. The van der Waals surface area contributed by atoms with Gasteiger partial charge in [-0.25, -0.2) is 14.4 Å². The van der Waals surface area contributed by atoms with Crippen LogP contribution in [0.4, 0.5) is 35.0 Å². The lowest BCUT2D eigenvalue weighted by Crippen LogP contribution is -2.45. The number of pyridine rings is 2. The number of anilines is 3. The number of nitrogens with two attached hydrogens (primary N) is 2. The third-order valence-corrected chi connectivity index (χ3v) is 8.93. The van der Waals surface area contributed by atoms with Crippen LogP contribution in [0, 0.1) is 12.7 Å². The lowest BCUT2D eigenvalue weighted by atomic mass is 9.98. The van der Waals surface area contributed by atoms with Crippen molar-refractivity contribution in [3.05, 3.63) is 51.9 Å². The van der Waals surface area contributed by atoms with Crippen molar-refractivity contribution >= 4 is 40.0 Å². The maximum Gasteiger partial charge on any atom is 0.418 e. The minimum absolute atomic E-state index is 0.0237. The number of benzene rings is 1. The Labute approximate surface area is 273 Å². The van der Waals surface area contributed by atoms with Gasteiger partial charge >= 0.3 is 12.2 Å². The van der Waals surface area contributed by atoms with Gasteiger partial charge in [0.1, 0.15) is 36.2 Å². The highest BCUT2D eigenvalue weighted by atomic mass is 35.5. The molecule has 1 aromatic carbocycles. The highest BCUT2D eigenvalue weighted by Crippen LogP contribution is 2.50. The molecule has 2 aliphatic heterocycles. The molecule has 11 nitrogen and oxygen atoms in total. The molecule has 0 aliphatic carbocycles. The fourth-order valence-electron chi connectivity index (χ4n) is 6.11. The van der Waals surface area contributed by atoms with Crippen LogP contribution in [0.3, 0.4) is 0 Å². The summed E-state index contributed by atoms with van der Waals surface area (Å²) in [7, 11) is 2.06. The summed E-state index contributed by atoms with van der Waals surface area (Å²) in [5.41, 5.74) is 9.60.